The van der Waals surface area contributed by atoms with Gasteiger partial charge >= 0.3 is 0 Å². The Morgan fingerprint density at radius 2 is 1.72 bits per heavy atom. The predicted molar refractivity (Wildman–Crippen MR) is 111 cm³/mol. The smallest absolute Gasteiger partial charge is 0.191 e. The zero-order valence-electron chi connectivity index (χ0n) is 17.3. The minimum absolute atomic E-state index is 0.580. The lowest BCUT2D eigenvalue weighted by Crippen LogP contribution is -2.48. The van der Waals surface area contributed by atoms with Gasteiger partial charge in [0.2, 0.25) is 0 Å². The molecule has 0 atom stereocenters. The van der Waals surface area contributed by atoms with Crippen molar-refractivity contribution in [2.45, 2.75) is 71.3 Å². The molecule has 0 radical (unpaired) electrons. The van der Waals surface area contributed by atoms with Crippen molar-refractivity contribution >= 4 is 5.96 Å². The van der Waals surface area contributed by atoms with E-state index < -0.39 is 0 Å². The number of hydrogen-bond acceptors (Lipinski definition) is 3. The lowest BCUT2D eigenvalue weighted by atomic mass is 10.1. The van der Waals surface area contributed by atoms with E-state index in [-0.39, 0.29) is 0 Å². The van der Waals surface area contributed by atoms with Crippen LogP contribution in [-0.2, 0) is 0 Å². The minimum atomic E-state index is 0.580. The lowest BCUT2D eigenvalue weighted by Gasteiger charge is -2.32. The summed E-state index contributed by atoms with van der Waals surface area (Å²) >= 11 is 0. The molecule has 0 saturated carbocycles. The Morgan fingerprint density at radius 1 is 1.04 bits per heavy atom. The summed E-state index contributed by atoms with van der Waals surface area (Å²) in [5.74, 6) is 1.02. The molecule has 0 unspecified atom stereocenters. The Labute approximate surface area is 156 Å². The van der Waals surface area contributed by atoms with Gasteiger partial charge in [0.15, 0.2) is 5.96 Å². The van der Waals surface area contributed by atoms with Gasteiger partial charge in [-0.3, -0.25) is 4.99 Å². The molecule has 25 heavy (non-hydrogen) atoms. The number of piperidine rings is 1. The lowest BCUT2D eigenvalue weighted by molar-refractivity contribution is 0.206. The second-order valence-corrected chi connectivity index (χ2v) is 7.59. The molecule has 1 aliphatic rings. The second-order valence-electron chi connectivity index (χ2n) is 7.59. The van der Waals surface area contributed by atoms with Crippen molar-refractivity contribution in [3.05, 3.63) is 0 Å². The van der Waals surface area contributed by atoms with Gasteiger partial charge in [-0.25, -0.2) is 0 Å². The summed E-state index contributed by atoms with van der Waals surface area (Å²) < 4.78 is 0. The van der Waals surface area contributed by atoms with E-state index in [4.69, 9.17) is 4.99 Å². The van der Waals surface area contributed by atoms with E-state index in [0.29, 0.717) is 6.04 Å². The van der Waals surface area contributed by atoms with Crippen molar-refractivity contribution in [3.63, 3.8) is 0 Å². The molecule has 148 valence electrons. The van der Waals surface area contributed by atoms with Gasteiger partial charge in [-0.1, -0.05) is 26.2 Å². The van der Waals surface area contributed by atoms with Crippen molar-refractivity contribution in [3.8, 4) is 0 Å². The molecule has 1 saturated heterocycles. The van der Waals surface area contributed by atoms with Gasteiger partial charge in [0, 0.05) is 32.2 Å². The molecule has 1 rings (SSSR count). The summed E-state index contributed by atoms with van der Waals surface area (Å²) in [4.78, 5) is 9.63. The predicted octanol–water partition coefficient (Wildman–Crippen LogP) is 2.93. The molecule has 0 aliphatic carbocycles. The first kappa shape index (κ1) is 22.2. The third-order valence-electron chi connectivity index (χ3n) is 4.85. The van der Waals surface area contributed by atoms with Crippen molar-refractivity contribution in [2.75, 3.05) is 53.4 Å². The van der Waals surface area contributed by atoms with E-state index in [0.717, 1.165) is 19.0 Å². The molecule has 1 heterocycles. The molecule has 0 aromatic heterocycles. The minimum Gasteiger partial charge on any atom is -0.357 e. The molecule has 0 aromatic carbocycles. The zero-order chi connectivity index (χ0) is 18.3. The number of unbranched alkanes of at least 4 members (excludes halogenated alkanes) is 4. The fourth-order valence-electron chi connectivity index (χ4n) is 3.39. The van der Waals surface area contributed by atoms with E-state index in [1.54, 1.807) is 0 Å². The first-order valence-electron chi connectivity index (χ1n) is 10.6. The highest BCUT2D eigenvalue weighted by Gasteiger charge is 2.19. The second kappa shape index (κ2) is 14.4. The maximum atomic E-state index is 4.78. The first-order valence-corrected chi connectivity index (χ1v) is 10.6. The maximum Gasteiger partial charge on any atom is 0.191 e. The number of aliphatic imine (C=N–C) groups is 1. The molecule has 5 nitrogen and oxygen atoms in total. The van der Waals surface area contributed by atoms with Gasteiger partial charge in [-0.2, -0.15) is 0 Å². The average molecular weight is 354 g/mol. The molecule has 0 spiro atoms. The Kier molecular flexibility index (Phi) is 12.8. The van der Waals surface area contributed by atoms with Crippen molar-refractivity contribution in [1.29, 1.82) is 0 Å². The van der Waals surface area contributed by atoms with Gasteiger partial charge in [-0.15, -0.1) is 0 Å². The molecule has 5 heteroatoms. The molecule has 1 fully saturated rings. The summed E-state index contributed by atoms with van der Waals surface area (Å²) in [6, 6.07) is 0.580. The number of likely N-dealkylation sites (tertiary alicyclic amines) is 1. The zero-order valence-corrected chi connectivity index (χ0v) is 17.3. The summed E-state index contributed by atoms with van der Waals surface area (Å²) in [6.45, 7) is 11.2. The number of guanidine groups is 1. The van der Waals surface area contributed by atoms with Crippen LogP contribution in [0.1, 0.15) is 65.2 Å². The summed E-state index contributed by atoms with van der Waals surface area (Å²) in [7, 11) is 4.30. The third-order valence-corrected chi connectivity index (χ3v) is 4.85. The number of nitrogens with one attached hydrogen (secondary N) is 2. The fourth-order valence-corrected chi connectivity index (χ4v) is 3.39. The van der Waals surface area contributed by atoms with Crippen LogP contribution >= 0.6 is 0 Å². The Hall–Kier alpha value is -0.810. The van der Waals surface area contributed by atoms with Crippen LogP contribution in [0, 0.1) is 0 Å². The monoisotopic (exact) mass is 353 g/mol. The summed E-state index contributed by atoms with van der Waals surface area (Å²) in [5.41, 5.74) is 0. The van der Waals surface area contributed by atoms with E-state index >= 15 is 0 Å². The Balaban J connectivity index is 2.17. The highest BCUT2D eigenvalue weighted by Crippen LogP contribution is 2.10. The summed E-state index contributed by atoms with van der Waals surface area (Å²) in [5, 5.41) is 7.06. The van der Waals surface area contributed by atoms with Crippen molar-refractivity contribution in [2.24, 2.45) is 4.99 Å². The van der Waals surface area contributed by atoms with E-state index in [2.05, 4.69) is 48.4 Å². The van der Waals surface area contributed by atoms with Crippen LogP contribution in [0.4, 0.5) is 0 Å². The highest BCUT2D eigenvalue weighted by molar-refractivity contribution is 5.80. The fraction of sp³-hybridized carbons (Fsp3) is 0.950. The van der Waals surface area contributed by atoms with E-state index in [9.17, 15) is 0 Å². The number of rotatable bonds is 12. The van der Waals surface area contributed by atoms with Crippen molar-refractivity contribution in [1.82, 2.24) is 20.4 Å². The quantitative estimate of drug-likeness (QED) is 0.322. The standard InChI is InChI=1S/C20H43N5/c1-5-15-25-17-12-19(13-18-25)23-20(21-6-2)22-14-10-8-7-9-11-16-24(3)4/h19H,5-18H2,1-4H3,(H2,21,22,23). The van der Waals surface area contributed by atoms with Crippen LogP contribution in [0.15, 0.2) is 4.99 Å². The number of nitrogens with zero attached hydrogens (tertiary/aromatic N) is 3. The van der Waals surface area contributed by atoms with Gasteiger partial charge in [0.1, 0.15) is 0 Å². The molecular weight excluding hydrogens is 310 g/mol. The van der Waals surface area contributed by atoms with Crippen LogP contribution in [-0.4, -0.2) is 75.2 Å². The van der Waals surface area contributed by atoms with Crippen LogP contribution in [0.3, 0.4) is 0 Å². The maximum absolute atomic E-state index is 4.78. The Morgan fingerprint density at radius 3 is 2.36 bits per heavy atom. The summed E-state index contributed by atoms with van der Waals surface area (Å²) in [6.07, 6.45) is 10.2. The highest BCUT2D eigenvalue weighted by atomic mass is 15.2. The molecule has 0 aromatic rings. The van der Waals surface area contributed by atoms with E-state index in [1.807, 2.05) is 0 Å². The van der Waals surface area contributed by atoms with Crippen molar-refractivity contribution < 1.29 is 0 Å². The average Bonchev–Trinajstić information content (AvgIpc) is 2.59. The third kappa shape index (κ3) is 11.4. The largest absolute Gasteiger partial charge is 0.357 e. The molecule has 0 bridgehead atoms. The van der Waals surface area contributed by atoms with Gasteiger partial charge in [0.05, 0.1) is 0 Å². The van der Waals surface area contributed by atoms with Gasteiger partial charge in [-0.05, 0) is 66.2 Å². The van der Waals surface area contributed by atoms with E-state index in [1.165, 1.54) is 77.5 Å². The molecule has 2 N–H and O–H groups in total. The molecular formula is C20H43N5. The van der Waals surface area contributed by atoms with Crippen LogP contribution in [0.5, 0.6) is 0 Å². The van der Waals surface area contributed by atoms with Crippen LogP contribution in [0.25, 0.3) is 0 Å². The normalized spacial score (nSPS) is 17.2. The van der Waals surface area contributed by atoms with Gasteiger partial charge in [0.25, 0.3) is 0 Å². The topological polar surface area (TPSA) is 42.9 Å². The SMILES string of the molecule is CCCN1CCC(NC(=NCCCCCCCN(C)C)NCC)CC1. The van der Waals surface area contributed by atoms with Crippen LogP contribution < -0.4 is 10.6 Å². The Bertz CT molecular complexity index is 335. The molecule has 0 amide bonds. The van der Waals surface area contributed by atoms with Gasteiger partial charge < -0.3 is 20.4 Å². The molecule has 1 aliphatic heterocycles. The first-order chi connectivity index (χ1) is 12.2. The van der Waals surface area contributed by atoms with Crippen LogP contribution in [0.2, 0.25) is 0 Å². The number of hydrogen-bond donors (Lipinski definition) is 2.